The zero-order valence-corrected chi connectivity index (χ0v) is 16.0. The molecule has 0 amide bonds. The molecule has 0 saturated carbocycles. The SMILES string of the molecule is FC(F)(F)COc1ncccc1CN1CCc2nc(C3=NCCCC3)ncc2C1. The summed E-state index contributed by atoms with van der Waals surface area (Å²) in [4.78, 5) is 19.9. The van der Waals surface area contributed by atoms with Gasteiger partial charge >= 0.3 is 6.18 Å². The Balaban J connectivity index is 1.44. The number of hydrogen-bond donors (Lipinski definition) is 0. The van der Waals surface area contributed by atoms with Crippen LogP contribution in [-0.2, 0) is 19.5 Å². The molecule has 0 saturated heterocycles. The fourth-order valence-electron chi connectivity index (χ4n) is 3.59. The second-order valence-electron chi connectivity index (χ2n) is 7.28. The van der Waals surface area contributed by atoms with Gasteiger partial charge in [-0.05, 0) is 25.3 Å². The minimum atomic E-state index is -4.39. The molecular formula is C20H22F3N5O. The van der Waals surface area contributed by atoms with E-state index in [0.717, 1.165) is 61.6 Å². The molecule has 29 heavy (non-hydrogen) atoms. The van der Waals surface area contributed by atoms with E-state index in [1.807, 2.05) is 6.20 Å². The summed E-state index contributed by atoms with van der Waals surface area (Å²) in [6.07, 6.45) is 2.82. The van der Waals surface area contributed by atoms with E-state index in [1.165, 1.54) is 6.20 Å². The largest absolute Gasteiger partial charge is 0.468 e. The molecule has 9 heteroatoms. The lowest BCUT2D eigenvalue weighted by Crippen LogP contribution is -2.32. The maximum Gasteiger partial charge on any atom is 0.422 e. The van der Waals surface area contributed by atoms with Crippen LogP contribution in [0.5, 0.6) is 5.88 Å². The van der Waals surface area contributed by atoms with Crippen molar-refractivity contribution in [2.24, 2.45) is 4.99 Å². The molecule has 4 rings (SSSR count). The molecule has 2 aromatic heterocycles. The average Bonchev–Trinajstić information content (AvgIpc) is 2.73. The Labute approximate surface area is 166 Å². The third kappa shape index (κ3) is 5.09. The predicted molar refractivity (Wildman–Crippen MR) is 101 cm³/mol. The number of pyridine rings is 1. The second kappa shape index (κ2) is 8.44. The van der Waals surface area contributed by atoms with Crippen molar-refractivity contribution in [2.45, 2.75) is 44.9 Å². The smallest absolute Gasteiger partial charge is 0.422 e. The summed E-state index contributed by atoms with van der Waals surface area (Å²) in [6.45, 7) is 1.34. The van der Waals surface area contributed by atoms with Crippen LogP contribution in [0.1, 0.15) is 41.9 Å². The van der Waals surface area contributed by atoms with E-state index in [9.17, 15) is 13.2 Å². The summed E-state index contributed by atoms with van der Waals surface area (Å²) in [6, 6.07) is 3.45. The van der Waals surface area contributed by atoms with Crippen LogP contribution in [0.2, 0.25) is 0 Å². The van der Waals surface area contributed by atoms with Crippen molar-refractivity contribution in [3.05, 3.63) is 47.2 Å². The molecule has 6 nitrogen and oxygen atoms in total. The first kappa shape index (κ1) is 19.8. The van der Waals surface area contributed by atoms with Crippen LogP contribution in [0.4, 0.5) is 13.2 Å². The lowest BCUT2D eigenvalue weighted by molar-refractivity contribution is -0.154. The topological polar surface area (TPSA) is 63.5 Å². The molecular weight excluding hydrogens is 383 g/mol. The molecule has 0 N–H and O–H groups in total. The van der Waals surface area contributed by atoms with Crippen molar-refractivity contribution in [1.29, 1.82) is 0 Å². The Bertz CT molecular complexity index is 900. The van der Waals surface area contributed by atoms with E-state index in [2.05, 4.69) is 19.9 Å². The molecule has 2 aromatic rings. The number of halogens is 3. The van der Waals surface area contributed by atoms with Crippen molar-refractivity contribution < 1.29 is 17.9 Å². The normalized spacial score (nSPS) is 17.6. The Morgan fingerprint density at radius 2 is 2.03 bits per heavy atom. The van der Waals surface area contributed by atoms with Crippen LogP contribution in [0.25, 0.3) is 0 Å². The summed E-state index contributed by atoms with van der Waals surface area (Å²) in [7, 11) is 0. The van der Waals surface area contributed by atoms with Gasteiger partial charge in [-0.3, -0.25) is 9.89 Å². The van der Waals surface area contributed by atoms with Crippen LogP contribution < -0.4 is 4.74 Å². The average molecular weight is 405 g/mol. The van der Waals surface area contributed by atoms with Gasteiger partial charge in [0.2, 0.25) is 5.88 Å². The number of fused-ring (bicyclic) bond motifs is 1. The monoisotopic (exact) mass is 405 g/mol. The number of aromatic nitrogens is 3. The summed E-state index contributed by atoms with van der Waals surface area (Å²) >= 11 is 0. The Kier molecular flexibility index (Phi) is 5.75. The van der Waals surface area contributed by atoms with E-state index in [0.29, 0.717) is 18.7 Å². The van der Waals surface area contributed by atoms with Crippen LogP contribution in [0.3, 0.4) is 0 Å². The van der Waals surface area contributed by atoms with Crippen molar-refractivity contribution in [1.82, 2.24) is 19.9 Å². The van der Waals surface area contributed by atoms with Crippen LogP contribution in [0.15, 0.2) is 29.5 Å². The molecule has 2 aliphatic heterocycles. The van der Waals surface area contributed by atoms with Crippen molar-refractivity contribution in [3.8, 4) is 5.88 Å². The third-order valence-electron chi connectivity index (χ3n) is 5.01. The standard InChI is InChI=1S/C20H22F3N5O/c21-20(22,23)13-29-19-14(4-3-8-25-19)11-28-9-6-16-15(12-28)10-26-18(27-16)17-5-1-2-7-24-17/h3-4,8,10H,1-2,5-7,9,11-13H2. The van der Waals surface area contributed by atoms with Gasteiger partial charge in [0.15, 0.2) is 12.4 Å². The fourth-order valence-corrected chi connectivity index (χ4v) is 3.59. The van der Waals surface area contributed by atoms with Crippen molar-refractivity contribution in [3.63, 3.8) is 0 Å². The highest BCUT2D eigenvalue weighted by atomic mass is 19.4. The van der Waals surface area contributed by atoms with Gasteiger partial charge in [-0.1, -0.05) is 6.07 Å². The molecule has 0 aliphatic carbocycles. The molecule has 0 spiro atoms. The van der Waals surface area contributed by atoms with Gasteiger partial charge in [0.05, 0.1) is 11.4 Å². The van der Waals surface area contributed by atoms with E-state index in [-0.39, 0.29) is 5.88 Å². The predicted octanol–water partition coefficient (Wildman–Crippen LogP) is 3.34. The van der Waals surface area contributed by atoms with Gasteiger partial charge in [0, 0.05) is 56.1 Å². The van der Waals surface area contributed by atoms with Crippen molar-refractivity contribution >= 4 is 5.71 Å². The van der Waals surface area contributed by atoms with Gasteiger partial charge in [0.25, 0.3) is 0 Å². The Morgan fingerprint density at radius 3 is 2.83 bits per heavy atom. The van der Waals surface area contributed by atoms with E-state index >= 15 is 0 Å². The molecule has 2 aliphatic rings. The number of nitrogens with zero attached hydrogens (tertiary/aromatic N) is 5. The molecule has 154 valence electrons. The summed E-state index contributed by atoms with van der Waals surface area (Å²) in [5.41, 5.74) is 3.69. The number of hydrogen-bond acceptors (Lipinski definition) is 6. The Hall–Kier alpha value is -2.55. The molecule has 0 unspecified atom stereocenters. The molecule has 0 atom stereocenters. The first-order chi connectivity index (χ1) is 14.0. The summed E-state index contributed by atoms with van der Waals surface area (Å²) in [5.74, 6) is 0.754. The zero-order valence-electron chi connectivity index (χ0n) is 16.0. The number of aliphatic imine (C=N–C) groups is 1. The minimum absolute atomic E-state index is 0.0255. The maximum atomic E-state index is 12.5. The number of alkyl halides is 3. The first-order valence-corrected chi connectivity index (χ1v) is 9.72. The lowest BCUT2D eigenvalue weighted by Gasteiger charge is -2.28. The lowest BCUT2D eigenvalue weighted by atomic mass is 10.0. The quantitative estimate of drug-likeness (QED) is 0.764. The Morgan fingerprint density at radius 1 is 1.14 bits per heavy atom. The number of ether oxygens (including phenoxy) is 1. The summed E-state index contributed by atoms with van der Waals surface area (Å²) < 4.78 is 42.3. The summed E-state index contributed by atoms with van der Waals surface area (Å²) in [5, 5.41) is 0. The van der Waals surface area contributed by atoms with Gasteiger partial charge in [-0.2, -0.15) is 13.2 Å². The molecule has 0 bridgehead atoms. The maximum absolute atomic E-state index is 12.5. The second-order valence-corrected chi connectivity index (χ2v) is 7.28. The highest BCUT2D eigenvalue weighted by molar-refractivity contribution is 5.97. The fraction of sp³-hybridized carbons (Fsp3) is 0.500. The first-order valence-electron chi connectivity index (χ1n) is 9.72. The van der Waals surface area contributed by atoms with E-state index in [4.69, 9.17) is 9.72 Å². The molecule has 0 fully saturated rings. The van der Waals surface area contributed by atoms with Crippen LogP contribution in [0, 0.1) is 0 Å². The molecule has 4 heterocycles. The molecule has 0 aromatic carbocycles. The zero-order chi connectivity index (χ0) is 20.3. The van der Waals surface area contributed by atoms with Crippen LogP contribution >= 0.6 is 0 Å². The minimum Gasteiger partial charge on any atom is -0.468 e. The van der Waals surface area contributed by atoms with Gasteiger partial charge < -0.3 is 4.74 Å². The number of rotatable bonds is 5. The highest BCUT2D eigenvalue weighted by Gasteiger charge is 2.29. The van der Waals surface area contributed by atoms with E-state index in [1.54, 1.807) is 12.1 Å². The van der Waals surface area contributed by atoms with Crippen LogP contribution in [-0.4, -0.2) is 51.4 Å². The molecule has 0 radical (unpaired) electrons. The van der Waals surface area contributed by atoms with Gasteiger partial charge in [-0.15, -0.1) is 0 Å². The van der Waals surface area contributed by atoms with Gasteiger partial charge in [0.1, 0.15) is 0 Å². The van der Waals surface area contributed by atoms with Gasteiger partial charge in [-0.25, -0.2) is 15.0 Å². The third-order valence-corrected chi connectivity index (χ3v) is 5.01. The van der Waals surface area contributed by atoms with Crippen molar-refractivity contribution in [2.75, 3.05) is 19.7 Å². The highest BCUT2D eigenvalue weighted by Crippen LogP contribution is 2.24. The van der Waals surface area contributed by atoms with E-state index < -0.39 is 12.8 Å².